The first-order chi connectivity index (χ1) is 8.29. The molecule has 3 saturated heterocycles. The molecule has 0 radical (unpaired) electrons. The Bertz CT molecular complexity index is 443. The number of fused-ring (bicyclic) bond motifs is 10. The number of hydrogen-bond donors (Lipinski definition) is 0. The molecule has 1 spiro atoms. The lowest BCUT2D eigenvalue weighted by molar-refractivity contribution is -0.150. The average Bonchev–Trinajstić information content (AvgIpc) is 3.07. The smallest absolute Gasteiger partial charge is 0.314 e. The second kappa shape index (κ2) is 2.61. The molecule has 4 fully saturated rings. The van der Waals surface area contributed by atoms with Gasteiger partial charge in [-0.25, -0.2) is 0 Å². The van der Waals surface area contributed by atoms with Gasteiger partial charge in [0, 0.05) is 6.42 Å². The summed E-state index contributed by atoms with van der Waals surface area (Å²) in [6.07, 6.45) is 8.35. The molecule has 90 valence electrons. The summed E-state index contributed by atoms with van der Waals surface area (Å²) in [6, 6.07) is 0. The van der Waals surface area contributed by atoms with E-state index in [2.05, 4.69) is 12.2 Å². The van der Waals surface area contributed by atoms with Gasteiger partial charge in [-0.3, -0.25) is 4.79 Å². The van der Waals surface area contributed by atoms with E-state index in [0.717, 1.165) is 18.8 Å². The maximum absolute atomic E-state index is 12.1. The number of allylic oxidation sites excluding steroid dienone is 2. The number of carbonyl (C=O) groups is 1. The molecular weight excluding hydrogens is 216 g/mol. The van der Waals surface area contributed by atoms with Crippen LogP contribution in [0.1, 0.15) is 19.3 Å². The van der Waals surface area contributed by atoms with Crippen molar-refractivity contribution in [2.24, 2.45) is 29.1 Å². The molecule has 0 aromatic rings. The third-order valence-electron chi connectivity index (χ3n) is 5.98. The number of cyclic esters (lactones) is 1. The van der Waals surface area contributed by atoms with Crippen LogP contribution in [0.3, 0.4) is 0 Å². The first-order valence-electron chi connectivity index (χ1n) is 6.81. The van der Waals surface area contributed by atoms with E-state index in [9.17, 15) is 4.79 Å². The summed E-state index contributed by atoms with van der Waals surface area (Å²) in [5.41, 5.74) is -0.260. The number of rotatable bonds is 0. The molecule has 3 aliphatic heterocycles. The summed E-state index contributed by atoms with van der Waals surface area (Å²) in [5, 5.41) is 0. The fraction of sp³-hybridized carbons (Fsp3) is 0.786. The van der Waals surface area contributed by atoms with E-state index in [-0.39, 0.29) is 17.5 Å². The molecule has 5 rings (SSSR count). The van der Waals surface area contributed by atoms with Crippen LogP contribution in [0.5, 0.6) is 0 Å². The van der Waals surface area contributed by atoms with Crippen molar-refractivity contribution in [3.63, 3.8) is 0 Å². The highest BCUT2D eigenvalue weighted by Gasteiger charge is 2.71. The first kappa shape index (κ1) is 9.15. The summed E-state index contributed by atoms with van der Waals surface area (Å²) in [4.78, 5) is 12.1. The first-order valence-corrected chi connectivity index (χ1v) is 6.81. The van der Waals surface area contributed by atoms with E-state index in [4.69, 9.17) is 9.47 Å². The molecule has 0 aromatic heterocycles. The Morgan fingerprint density at radius 3 is 2.82 bits per heavy atom. The van der Waals surface area contributed by atoms with Crippen LogP contribution in [0.25, 0.3) is 0 Å². The minimum Gasteiger partial charge on any atom is -0.465 e. The molecule has 0 amide bonds. The van der Waals surface area contributed by atoms with Gasteiger partial charge in [0.2, 0.25) is 0 Å². The zero-order chi connectivity index (χ0) is 11.2. The third kappa shape index (κ3) is 0.834. The zero-order valence-electron chi connectivity index (χ0n) is 9.67. The predicted molar refractivity (Wildman–Crippen MR) is 59.0 cm³/mol. The van der Waals surface area contributed by atoms with Crippen LogP contribution in [0.4, 0.5) is 0 Å². The molecule has 1 saturated carbocycles. The van der Waals surface area contributed by atoms with Crippen LogP contribution < -0.4 is 0 Å². The molecule has 3 heteroatoms. The van der Waals surface area contributed by atoms with Crippen molar-refractivity contribution < 1.29 is 14.3 Å². The lowest BCUT2D eigenvalue weighted by Crippen LogP contribution is -2.46. The molecule has 17 heavy (non-hydrogen) atoms. The van der Waals surface area contributed by atoms with Gasteiger partial charge >= 0.3 is 5.97 Å². The van der Waals surface area contributed by atoms with Gasteiger partial charge < -0.3 is 9.47 Å². The lowest BCUT2D eigenvalue weighted by Gasteiger charge is -2.37. The highest BCUT2D eigenvalue weighted by molar-refractivity contribution is 5.80. The van der Waals surface area contributed by atoms with Gasteiger partial charge in [-0.05, 0) is 36.5 Å². The van der Waals surface area contributed by atoms with Crippen molar-refractivity contribution in [3.8, 4) is 0 Å². The van der Waals surface area contributed by atoms with Crippen molar-refractivity contribution in [1.82, 2.24) is 0 Å². The second-order valence-corrected chi connectivity index (χ2v) is 6.44. The third-order valence-corrected chi connectivity index (χ3v) is 5.98. The monoisotopic (exact) mass is 232 g/mol. The largest absolute Gasteiger partial charge is 0.465 e. The maximum Gasteiger partial charge on any atom is 0.314 e. The molecule has 0 N–H and O–H groups in total. The van der Waals surface area contributed by atoms with E-state index in [1.54, 1.807) is 0 Å². The Hall–Kier alpha value is -0.830. The normalized spacial score (nSPS) is 61.5. The van der Waals surface area contributed by atoms with Crippen molar-refractivity contribution in [2.45, 2.75) is 31.5 Å². The van der Waals surface area contributed by atoms with Crippen LogP contribution in [0.2, 0.25) is 0 Å². The highest BCUT2D eigenvalue weighted by atomic mass is 16.6. The Kier molecular flexibility index (Phi) is 1.40. The topological polar surface area (TPSA) is 35.5 Å². The molecule has 7 atom stereocenters. The zero-order valence-corrected chi connectivity index (χ0v) is 9.67. The molecule has 2 aliphatic carbocycles. The molecular formula is C14H16O3. The van der Waals surface area contributed by atoms with Gasteiger partial charge in [0.05, 0.1) is 18.8 Å². The molecule has 4 bridgehead atoms. The van der Waals surface area contributed by atoms with Gasteiger partial charge in [-0.2, -0.15) is 0 Å². The van der Waals surface area contributed by atoms with Crippen LogP contribution >= 0.6 is 0 Å². The maximum atomic E-state index is 12.1. The van der Waals surface area contributed by atoms with Gasteiger partial charge in [-0.1, -0.05) is 12.2 Å². The quantitative estimate of drug-likeness (QED) is 0.469. The molecule has 3 nitrogen and oxygen atoms in total. The fourth-order valence-corrected chi connectivity index (χ4v) is 5.39. The minimum atomic E-state index is -0.260. The summed E-state index contributed by atoms with van der Waals surface area (Å²) >= 11 is 0. The highest BCUT2D eigenvalue weighted by Crippen LogP contribution is 2.66. The van der Waals surface area contributed by atoms with E-state index < -0.39 is 0 Å². The summed E-state index contributed by atoms with van der Waals surface area (Å²) in [6.45, 7) is 0.604. The standard InChI is InChI=1S/C14H16O3/c15-13-14(3-4-16-13)6-9-10-7-1-2-8(5-7)11(10)12(14)17-9/h1-2,7-12H,3-6H2. The summed E-state index contributed by atoms with van der Waals surface area (Å²) < 4.78 is 11.4. The minimum absolute atomic E-state index is 0.0233. The Morgan fingerprint density at radius 1 is 1.24 bits per heavy atom. The number of hydrogen-bond acceptors (Lipinski definition) is 3. The van der Waals surface area contributed by atoms with Gasteiger partial charge in [-0.15, -0.1) is 0 Å². The lowest BCUT2D eigenvalue weighted by atomic mass is 9.62. The predicted octanol–water partition coefficient (Wildman–Crippen LogP) is 1.53. The van der Waals surface area contributed by atoms with Gasteiger partial charge in [0.25, 0.3) is 0 Å². The molecule has 3 heterocycles. The van der Waals surface area contributed by atoms with Crippen LogP contribution in [0, 0.1) is 29.1 Å². The molecule has 0 aromatic carbocycles. The van der Waals surface area contributed by atoms with Crippen LogP contribution in [0.15, 0.2) is 12.2 Å². The molecule has 7 unspecified atom stereocenters. The van der Waals surface area contributed by atoms with Crippen molar-refractivity contribution >= 4 is 5.97 Å². The van der Waals surface area contributed by atoms with Crippen molar-refractivity contribution in [1.29, 1.82) is 0 Å². The Morgan fingerprint density at radius 2 is 2.06 bits per heavy atom. The van der Waals surface area contributed by atoms with Crippen LogP contribution in [-0.4, -0.2) is 24.8 Å². The number of esters is 1. The number of ether oxygens (including phenoxy) is 2. The second-order valence-electron chi connectivity index (χ2n) is 6.44. The SMILES string of the molecule is O=C1OCCC12CC1OC2C2C3C=CC(C3)C12. The van der Waals surface area contributed by atoms with Crippen molar-refractivity contribution in [3.05, 3.63) is 12.2 Å². The van der Waals surface area contributed by atoms with Crippen LogP contribution in [-0.2, 0) is 14.3 Å². The van der Waals surface area contributed by atoms with E-state index >= 15 is 0 Å². The van der Waals surface area contributed by atoms with E-state index in [1.165, 1.54) is 6.42 Å². The fourth-order valence-electron chi connectivity index (χ4n) is 5.39. The summed E-state index contributed by atoms with van der Waals surface area (Å²) in [5.74, 6) is 2.74. The van der Waals surface area contributed by atoms with Crippen molar-refractivity contribution in [2.75, 3.05) is 6.61 Å². The van der Waals surface area contributed by atoms with Gasteiger partial charge in [0.1, 0.15) is 5.41 Å². The Labute approximate surface area is 100 Å². The Balaban J connectivity index is 1.60. The van der Waals surface area contributed by atoms with Gasteiger partial charge in [0.15, 0.2) is 0 Å². The summed E-state index contributed by atoms with van der Waals surface area (Å²) in [7, 11) is 0. The average molecular weight is 232 g/mol. The number of carbonyl (C=O) groups excluding carboxylic acids is 1. The van der Waals surface area contributed by atoms with E-state index in [0.29, 0.717) is 30.5 Å². The van der Waals surface area contributed by atoms with E-state index in [1.807, 2.05) is 0 Å². The molecule has 5 aliphatic rings.